The molecule has 2 aromatic rings. The maximum Gasteiger partial charge on any atom is 0.329 e. The predicted molar refractivity (Wildman–Crippen MR) is 93.0 cm³/mol. The van der Waals surface area contributed by atoms with Crippen molar-refractivity contribution in [2.24, 2.45) is 5.92 Å². The Bertz CT molecular complexity index is 758. The fraction of sp³-hybridized carbons (Fsp3) is 0.556. The lowest BCUT2D eigenvalue weighted by Crippen LogP contribution is -2.33. The first kappa shape index (κ1) is 16.8. The van der Waals surface area contributed by atoms with Gasteiger partial charge in [0.15, 0.2) is 0 Å². The molecule has 1 aromatic carbocycles. The van der Waals surface area contributed by atoms with Crippen molar-refractivity contribution in [3.05, 3.63) is 34.7 Å². The van der Waals surface area contributed by atoms with Crippen molar-refractivity contribution in [2.45, 2.75) is 39.3 Å². The van der Waals surface area contributed by atoms with Gasteiger partial charge in [-0.1, -0.05) is 12.1 Å². The number of para-hydroxylation sites is 2. The number of amides is 1. The van der Waals surface area contributed by atoms with Crippen molar-refractivity contribution in [1.82, 2.24) is 14.5 Å². The van der Waals surface area contributed by atoms with Crippen LogP contribution in [0.25, 0.3) is 11.0 Å². The van der Waals surface area contributed by atoms with E-state index in [0.717, 1.165) is 30.0 Å². The van der Waals surface area contributed by atoms with Gasteiger partial charge in [-0.3, -0.25) is 13.9 Å². The predicted octanol–water partition coefficient (Wildman–Crippen LogP) is 1.76. The van der Waals surface area contributed by atoms with Crippen molar-refractivity contribution < 1.29 is 9.53 Å². The number of fused-ring (bicyclic) bond motifs is 1. The first-order chi connectivity index (χ1) is 11.7. The van der Waals surface area contributed by atoms with Crippen molar-refractivity contribution in [3.63, 3.8) is 0 Å². The van der Waals surface area contributed by atoms with Gasteiger partial charge in [0.05, 0.1) is 11.0 Å². The lowest BCUT2D eigenvalue weighted by atomic mass is 10.3. The van der Waals surface area contributed by atoms with Gasteiger partial charge in [-0.2, -0.15) is 0 Å². The summed E-state index contributed by atoms with van der Waals surface area (Å²) in [6.45, 7) is 4.66. The molecule has 1 heterocycles. The van der Waals surface area contributed by atoms with E-state index in [1.807, 2.05) is 31.2 Å². The number of nitrogens with zero attached hydrogens (tertiary/aromatic N) is 2. The quantitative estimate of drug-likeness (QED) is 0.712. The molecule has 0 saturated heterocycles. The Balaban J connectivity index is 1.53. The van der Waals surface area contributed by atoms with Gasteiger partial charge in [0, 0.05) is 26.3 Å². The summed E-state index contributed by atoms with van der Waals surface area (Å²) in [4.78, 5) is 24.6. The lowest BCUT2D eigenvalue weighted by molar-refractivity contribution is -0.121. The van der Waals surface area contributed by atoms with Crippen LogP contribution < -0.4 is 11.0 Å². The van der Waals surface area contributed by atoms with E-state index in [2.05, 4.69) is 5.32 Å². The van der Waals surface area contributed by atoms with Gasteiger partial charge in [-0.05, 0) is 44.2 Å². The highest BCUT2D eigenvalue weighted by molar-refractivity contribution is 5.80. The van der Waals surface area contributed by atoms with Gasteiger partial charge >= 0.3 is 5.69 Å². The molecular formula is C18H25N3O3. The summed E-state index contributed by atoms with van der Waals surface area (Å²) in [5.74, 6) is 0.626. The van der Waals surface area contributed by atoms with E-state index in [9.17, 15) is 9.59 Å². The van der Waals surface area contributed by atoms with E-state index < -0.39 is 0 Å². The largest absolute Gasteiger partial charge is 0.381 e. The SMILES string of the molecule is CCn1c(=O)n(CC(=O)NCCCOCC2CC2)c2ccccc21. The molecule has 1 aromatic heterocycles. The molecule has 1 fully saturated rings. The van der Waals surface area contributed by atoms with Crippen LogP contribution in [0, 0.1) is 5.92 Å². The van der Waals surface area contributed by atoms with E-state index >= 15 is 0 Å². The smallest absolute Gasteiger partial charge is 0.329 e. The van der Waals surface area contributed by atoms with E-state index in [1.165, 1.54) is 17.4 Å². The fourth-order valence-electron chi connectivity index (χ4n) is 2.87. The summed E-state index contributed by atoms with van der Waals surface area (Å²) in [7, 11) is 0. The van der Waals surface area contributed by atoms with E-state index in [1.54, 1.807) is 4.57 Å². The van der Waals surface area contributed by atoms with Crippen molar-refractivity contribution in [3.8, 4) is 0 Å². The third-order valence-corrected chi connectivity index (χ3v) is 4.38. The summed E-state index contributed by atoms with van der Waals surface area (Å²) >= 11 is 0. The molecule has 1 saturated carbocycles. The number of hydrogen-bond acceptors (Lipinski definition) is 3. The molecule has 6 heteroatoms. The summed E-state index contributed by atoms with van der Waals surface area (Å²) < 4.78 is 8.77. The first-order valence-corrected chi connectivity index (χ1v) is 8.73. The van der Waals surface area contributed by atoms with Crippen LogP contribution in [0.15, 0.2) is 29.1 Å². The van der Waals surface area contributed by atoms with Gasteiger partial charge in [-0.25, -0.2) is 4.79 Å². The van der Waals surface area contributed by atoms with Crippen LogP contribution in [0.5, 0.6) is 0 Å². The van der Waals surface area contributed by atoms with Gasteiger partial charge in [-0.15, -0.1) is 0 Å². The molecule has 0 unspecified atom stereocenters. The molecule has 24 heavy (non-hydrogen) atoms. The number of aromatic nitrogens is 2. The molecule has 0 radical (unpaired) electrons. The van der Waals surface area contributed by atoms with Crippen LogP contribution in [0.1, 0.15) is 26.2 Å². The number of carbonyl (C=O) groups excluding carboxylic acids is 1. The Hall–Kier alpha value is -2.08. The minimum Gasteiger partial charge on any atom is -0.381 e. The monoisotopic (exact) mass is 331 g/mol. The Kier molecular flexibility index (Phi) is 5.35. The van der Waals surface area contributed by atoms with Gasteiger partial charge in [0.1, 0.15) is 6.54 Å². The molecule has 130 valence electrons. The molecule has 1 N–H and O–H groups in total. The van der Waals surface area contributed by atoms with E-state index in [4.69, 9.17) is 4.74 Å². The van der Waals surface area contributed by atoms with Crippen LogP contribution >= 0.6 is 0 Å². The third-order valence-electron chi connectivity index (χ3n) is 4.38. The maximum absolute atomic E-state index is 12.5. The number of rotatable bonds is 9. The summed E-state index contributed by atoms with van der Waals surface area (Å²) in [5.41, 5.74) is 1.53. The highest BCUT2D eigenvalue weighted by Gasteiger charge is 2.20. The highest BCUT2D eigenvalue weighted by atomic mass is 16.5. The zero-order valence-electron chi connectivity index (χ0n) is 14.2. The Labute approximate surface area is 141 Å². The van der Waals surface area contributed by atoms with Crippen molar-refractivity contribution >= 4 is 16.9 Å². The van der Waals surface area contributed by atoms with Crippen LogP contribution in [0.2, 0.25) is 0 Å². The third kappa shape index (κ3) is 3.87. The molecular weight excluding hydrogens is 306 g/mol. The minimum atomic E-state index is -0.140. The second kappa shape index (κ2) is 7.66. The molecule has 1 aliphatic rings. The van der Waals surface area contributed by atoms with Gasteiger partial charge < -0.3 is 10.1 Å². The van der Waals surface area contributed by atoms with Crippen LogP contribution in [0.3, 0.4) is 0 Å². The second-order valence-electron chi connectivity index (χ2n) is 6.32. The zero-order chi connectivity index (χ0) is 16.9. The molecule has 1 aliphatic carbocycles. The maximum atomic E-state index is 12.5. The highest BCUT2D eigenvalue weighted by Crippen LogP contribution is 2.28. The Morgan fingerprint density at radius 1 is 1.25 bits per heavy atom. The van der Waals surface area contributed by atoms with Crippen molar-refractivity contribution in [1.29, 1.82) is 0 Å². The number of imidazole rings is 1. The number of benzene rings is 1. The Morgan fingerprint density at radius 2 is 1.96 bits per heavy atom. The Morgan fingerprint density at radius 3 is 2.62 bits per heavy atom. The summed E-state index contributed by atoms with van der Waals surface area (Å²) in [6, 6.07) is 7.57. The average Bonchev–Trinajstić information content (AvgIpc) is 3.37. The molecule has 0 bridgehead atoms. The molecule has 0 atom stereocenters. The number of ether oxygens (including phenoxy) is 1. The van der Waals surface area contributed by atoms with Gasteiger partial charge in [0.2, 0.25) is 5.91 Å². The van der Waals surface area contributed by atoms with E-state index in [-0.39, 0.29) is 18.1 Å². The first-order valence-electron chi connectivity index (χ1n) is 8.73. The molecule has 0 spiro atoms. The van der Waals surface area contributed by atoms with Crippen molar-refractivity contribution in [2.75, 3.05) is 19.8 Å². The average molecular weight is 331 g/mol. The molecule has 3 rings (SSSR count). The second-order valence-corrected chi connectivity index (χ2v) is 6.32. The normalized spacial score (nSPS) is 14.2. The topological polar surface area (TPSA) is 65.3 Å². The number of aryl methyl sites for hydroxylation is 1. The zero-order valence-corrected chi connectivity index (χ0v) is 14.2. The minimum absolute atomic E-state index is 0.0509. The van der Waals surface area contributed by atoms with Crippen LogP contribution in [-0.2, 0) is 22.6 Å². The molecule has 1 amide bonds. The van der Waals surface area contributed by atoms with Gasteiger partial charge in [0.25, 0.3) is 0 Å². The summed E-state index contributed by atoms with van der Waals surface area (Å²) in [5, 5.41) is 2.87. The number of hydrogen-bond donors (Lipinski definition) is 1. The number of nitrogens with one attached hydrogen (secondary N) is 1. The molecule has 6 nitrogen and oxygen atoms in total. The number of carbonyl (C=O) groups is 1. The molecule has 0 aliphatic heterocycles. The van der Waals surface area contributed by atoms with Crippen LogP contribution in [0.4, 0.5) is 0 Å². The fourth-order valence-corrected chi connectivity index (χ4v) is 2.87. The standard InChI is InChI=1S/C18H25N3O3/c1-2-20-15-6-3-4-7-16(15)21(18(20)23)12-17(22)19-10-5-11-24-13-14-8-9-14/h3-4,6-7,14H,2,5,8-13H2,1H3,(H,19,22). The summed E-state index contributed by atoms with van der Waals surface area (Å²) in [6.07, 6.45) is 3.37. The lowest BCUT2D eigenvalue weighted by Gasteiger charge is -2.07. The van der Waals surface area contributed by atoms with Crippen LogP contribution in [-0.4, -0.2) is 34.8 Å². The van der Waals surface area contributed by atoms with E-state index in [0.29, 0.717) is 19.7 Å².